The highest BCUT2D eigenvalue weighted by Crippen LogP contribution is 2.17. The topological polar surface area (TPSA) is 62.2 Å². The Bertz CT molecular complexity index is 314. The first-order valence-electron chi connectivity index (χ1n) is 3.07. The number of hydrogen-bond acceptors (Lipinski definition) is 4. The van der Waals surface area contributed by atoms with Crippen molar-refractivity contribution in [2.75, 3.05) is 7.11 Å². The van der Waals surface area contributed by atoms with E-state index < -0.39 is 5.97 Å². The van der Waals surface area contributed by atoms with Gasteiger partial charge in [0.2, 0.25) is 0 Å². The summed E-state index contributed by atoms with van der Waals surface area (Å²) in [5.41, 5.74) is 0.115. The normalized spacial score (nSPS) is 9.50. The monoisotopic (exact) mass is 230 g/mol. The van der Waals surface area contributed by atoms with Crippen LogP contribution in [0.15, 0.2) is 16.7 Å². The Morgan fingerprint density at radius 3 is 2.83 bits per heavy atom. The highest BCUT2D eigenvalue weighted by molar-refractivity contribution is 9.10. The van der Waals surface area contributed by atoms with Crippen molar-refractivity contribution in [3.63, 3.8) is 0 Å². The molecule has 1 aromatic heterocycles. The van der Waals surface area contributed by atoms with E-state index in [9.17, 15) is 9.90 Å². The molecule has 64 valence electrons. The van der Waals surface area contributed by atoms with Crippen molar-refractivity contribution in [2.24, 2.45) is 0 Å². The van der Waals surface area contributed by atoms with Gasteiger partial charge in [-0.15, -0.1) is 0 Å². The first-order valence-corrected chi connectivity index (χ1v) is 3.86. The van der Waals surface area contributed by atoms with Crippen LogP contribution >= 0.6 is 15.9 Å². The van der Waals surface area contributed by atoms with Gasteiger partial charge in [-0.2, -0.15) is 0 Å². The molecule has 0 amide bonds. The zero-order chi connectivity index (χ0) is 9.14. The predicted molar refractivity (Wildman–Crippen MR) is 42.7 cm³/mol. The molecule has 0 aliphatic rings. The summed E-state index contributed by atoms with van der Waals surface area (Å²) in [4.78, 5) is 14.5. The van der Waals surface area contributed by atoms with Crippen LogP contribution in [0.3, 0.4) is 0 Å². The van der Waals surface area contributed by atoms with E-state index >= 15 is 0 Å². The minimum absolute atomic E-state index is 0.115. The van der Waals surface area contributed by atoms with Gasteiger partial charge in [-0.05, 0) is 22.0 Å². The molecule has 0 N–H and O–H groups in total. The van der Waals surface area contributed by atoms with Crippen LogP contribution in [0.1, 0.15) is 10.5 Å². The average molecular weight is 231 g/mol. The molecule has 0 aliphatic carbocycles. The van der Waals surface area contributed by atoms with Crippen LogP contribution in [0.5, 0.6) is 5.75 Å². The molecule has 4 nitrogen and oxygen atoms in total. The molecule has 0 saturated carbocycles. The van der Waals surface area contributed by atoms with Crippen molar-refractivity contribution in [1.82, 2.24) is 4.98 Å². The maximum atomic E-state index is 10.9. The lowest BCUT2D eigenvalue weighted by Gasteiger charge is -2.07. The Balaban J connectivity index is 3.05. The van der Waals surface area contributed by atoms with Crippen molar-refractivity contribution >= 4 is 21.9 Å². The lowest BCUT2D eigenvalue weighted by molar-refractivity contribution is -0.270. The van der Waals surface area contributed by atoms with Crippen molar-refractivity contribution in [3.05, 3.63) is 22.4 Å². The lowest BCUT2D eigenvalue weighted by Crippen LogP contribution is -2.05. The fourth-order valence-electron chi connectivity index (χ4n) is 0.640. The number of hydrogen-bond donors (Lipinski definition) is 0. The van der Waals surface area contributed by atoms with E-state index in [4.69, 9.17) is 0 Å². The Hall–Kier alpha value is -1.10. The Morgan fingerprint density at radius 1 is 1.67 bits per heavy atom. The van der Waals surface area contributed by atoms with Gasteiger partial charge in [-0.25, -0.2) is 9.78 Å². The van der Waals surface area contributed by atoms with E-state index in [2.05, 4.69) is 25.7 Å². The maximum Gasteiger partial charge on any atom is 0.356 e. The fraction of sp³-hybridized carbons (Fsp3) is 0.143. The smallest absolute Gasteiger partial charge is 0.356 e. The van der Waals surface area contributed by atoms with Gasteiger partial charge in [0.05, 0.1) is 11.7 Å². The molecule has 12 heavy (non-hydrogen) atoms. The molecule has 0 atom stereocenters. The molecule has 0 unspecified atom stereocenters. The summed E-state index contributed by atoms with van der Waals surface area (Å²) in [6, 6.07) is 2.57. The molecule has 0 aliphatic heterocycles. The number of methoxy groups -OCH3 is 1. The third-order valence-corrected chi connectivity index (χ3v) is 1.78. The lowest BCUT2D eigenvalue weighted by atomic mass is 10.3. The highest BCUT2D eigenvalue weighted by atomic mass is 79.9. The van der Waals surface area contributed by atoms with Gasteiger partial charge in [-0.3, -0.25) is 0 Å². The van der Waals surface area contributed by atoms with E-state index in [1.54, 1.807) is 0 Å². The average Bonchev–Trinajstić information content (AvgIpc) is 2.08. The van der Waals surface area contributed by atoms with Gasteiger partial charge in [0.25, 0.3) is 0 Å². The Morgan fingerprint density at radius 2 is 2.33 bits per heavy atom. The second-order valence-electron chi connectivity index (χ2n) is 1.98. The molecule has 0 aromatic carbocycles. The van der Waals surface area contributed by atoms with Crippen LogP contribution in [-0.4, -0.2) is 18.1 Å². The zero-order valence-corrected chi connectivity index (χ0v) is 7.79. The van der Waals surface area contributed by atoms with Crippen LogP contribution in [0.2, 0.25) is 0 Å². The largest absolute Gasteiger partial charge is 0.871 e. The van der Waals surface area contributed by atoms with E-state index in [1.807, 2.05) is 0 Å². The number of carbonyl (C=O) groups is 1. The first kappa shape index (κ1) is 8.99. The Labute approximate surface area is 77.3 Å². The number of ether oxygens (including phenoxy) is 1. The first-order chi connectivity index (χ1) is 5.65. The molecule has 0 spiro atoms. The minimum atomic E-state index is -0.560. The van der Waals surface area contributed by atoms with Crippen LogP contribution in [0.4, 0.5) is 0 Å². The Kier molecular flexibility index (Phi) is 2.65. The minimum Gasteiger partial charge on any atom is -0.871 e. The maximum absolute atomic E-state index is 10.9. The number of rotatable bonds is 1. The molecule has 0 saturated heterocycles. The number of nitrogens with zero attached hydrogens (tertiary/aromatic N) is 1. The second-order valence-corrected chi connectivity index (χ2v) is 2.73. The summed E-state index contributed by atoms with van der Waals surface area (Å²) >= 11 is 2.91. The molecule has 0 fully saturated rings. The van der Waals surface area contributed by atoms with Gasteiger partial charge in [0.15, 0.2) is 0 Å². The summed E-state index contributed by atoms with van der Waals surface area (Å²) in [6.45, 7) is 0. The summed E-state index contributed by atoms with van der Waals surface area (Å²) in [7, 11) is 1.25. The van der Waals surface area contributed by atoms with Gasteiger partial charge in [0, 0.05) is 0 Å². The number of esters is 1. The standard InChI is InChI=1S/C7H6BrNO3/c1-12-7(11)4-2-3-5(10)6(8)9-4/h2-3,10H,1H3/p-1. The van der Waals surface area contributed by atoms with E-state index in [-0.39, 0.29) is 16.0 Å². The van der Waals surface area contributed by atoms with Gasteiger partial charge >= 0.3 is 5.97 Å². The molecule has 1 rings (SSSR count). The number of carbonyl (C=O) groups excluding carboxylic acids is 1. The van der Waals surface area contributed by atoms with E-state index in [0.29, 0.717) is 0 Å². The summed E-state index contributed by atoms with van der Waals surface area (Å²) in [5.74, 6) is -0.821. The van der Waals surface area contributed by atoms with Crippen LogP contribution in [0, 0.1) is 0 Å². The fourth-order valence-corrected chi connectivity index (χ4v) is 0.963. The molecule has 5 heteroatoms. The van der Waals surface area contributed by atoms with E-state index in [0.717, 1.165) is 0 Å². The van der Waals surface area contributed by atoms with Crippen LogP contribution < -0.4 is 5.11 Å². The molecule has 0 bridgehead atoms. The summed E-state index contributed by atoms with van der Waals surface area (Å²) in [6.07, 6.45) is 0. The highest BCUT2D eigenvalue weighted by Gasteiger charge is 2.06. The third-order valence-electron chi connectivity index (χ3n) is 1.21. The van der Waals surface area contributed by atoms with Gasteiger partial charge < -0.3 is 9.84 Å². The van der Waals surface area contributed by atoms with Crippen molar-refractivity contribution < 1.29 is 14.6 Å². The van der Waals surface area contributed by atoms with Crippen molar-refractivity contribution in [3.8, 4) is 5.75 Å². The van der Waals surface area contributed by atoms with Crippen LogP contribution in [-0.2, 0) is 4.74 Å². The van der Waals surface area contributed by atoms with Gasteiger partial charge in [-0.1, -0.05) is 11.8 Å². The number of halogens is 1. The second kappa shape index (κ2) is 3.53. The molecule has 1 aromatic rings. The number of aromatic nitrogens is 1. The zero-order valence-electron chi connectivity index (χ0n) is 6.20. The number of pyridine rings is 1. The molecule has 0 radical (unpaired) electrons. The molecular formula is C7H5BrNO3-. The van der Waals surface area contributed by atoms with Gasteiger partial charge in [0.1, 0.15) is 5.69 Å². The SMILES string of the molecule is COC(=O)c1ccc([O-])c(Br)n1. The van der Waals surface area contributed by atoms with Crippen molar-refractivity contribution in [1.29, 1.82) is 0 Å². The quantitative estimate of drug-likeness (QED) is 0.527. The summed E-state index contributed by atoms with van der Waals surface area (Å²) < 4.78 is 4.52. The predicted octanol–water partition coefficient (Wildman–Crippen LogP) is 0.704. The summed E-state index contributed by atoms with van der Waals surface area (Å²) in [5, 5.41) is 10.8. The van der Waals surface area contributed by atoms with E-state index in [1.165, 1.54) is 19.2 Å². The third kappa shape index (κ3) is 1.73. The van der Waals surface area contributed by atoms with Crippen LogP contribution in [0.25, 0.3) is 0 Å². The molecular weight excluding hydrogens is 226 g/mol. The van der Waals surface area contributed by atoms with Crippen molar-refractivity contribution in [2.45, 2.75) is 0 Å². The molecule has 1 heterocycles.